The monoisotopic (exact) mass is 393 g/mol. The average molecular weight is 394 g/mol. The van der Waals surface area contributed by atoms with E-state index in [-0.39, 0.29) is 6.42 Å². The molecule has 0 radical (unpaired) electrons. The van der Waals surface area contributed by atoms with Crippen LogP contribution in [-0.4, -0.2) is 16.1 Å². The third-order valence-corrected chi connectivity index (χ3v) is 7.06. The van der Waals surface area contributed by atoms with Crippen LogP contribution in [0, 0.1) is 6.92 Å². The fourth-order valence-corrected chi connectivity index (χ4v) is 5.70. The van der Waals surface area contributed by atoms with Crippen LogP contribution < -0.4 is 0 Å². The highest BCUT2D eigenvalue weighted by Crippen LogP contribution is 2.44. The summed E-state index contributed by atoms with van der Waals surface area (Å²) < 4.78 is 0. The number of hydrogen-bond acceptors (Lipinski definition) is 3. The van der Waals surface area contributed by atoms with Gasteiger partial charge in [0, 0.05) is 22.4 Å². The number of carbonyl (C=O) groups is 1. The maximum absolute atomic E-state index is 10.9. The summed E-state index contributed by atoms with van der Waals surface area (Å²) in [7, 11) is 0. The molecule has 1 aromatic carbocycles. The molecule has 0 aliphatic heterocycles. The second-order valence-electron chi connectivity index (χ2n) is 7.74. The lowest BCUT2D eigenvalue weighted by Crippen LogP contribution is -2.01. The first kappa shape index (κ1) is 19.1. The van der Waals surface area contributed by atoms with E-state index in [1.165, 1.54) is 55.8 Å². The van der Waals surface area contributed by atoms with Crippen LogP contribution in [0.25, 0.3) is 21.3 Å². The standard InChI is InChI=1S/C24H27NO2S/c1-3-16-11-13-17(14-12-16)22-18(7-4-5-10-21(26)27)15(2)25-24-23(22)19-8-6-9-20(19)28-24/h11-14H,3-10H2,1-2H3,(H,26,27). The zero-order valence-corrected chi connectivity index (χ0v) is 17.5. The van der Waals surface area contributed by atoms with E-state index in [1.54, 1.807) is 0 Å². The molecular formula is C24H27NO2S. The number of fused-ring (bicyclic) bond motifs is 3. The third kappa shape index (κ3) is 3.58. The van der Waals surface area contributed by atoms with Gasteiger partial charge >= 0.3 is 5.97 Å². The first-order chi connectivity index (χ1) is 13.6. The van der Waals surface area contributed by atoms with Crippen LogP contribution in [0.5, 0.6) is 0 Å². The Bertz CT molecular complexity index is 1020. The number of nitrogens with zero attached hydrogens (tertiary/aromatic N) is 1. The van der Waals surface area contributed by atoms with Crippen molar-refractivity contribution in [3.63, 3.8) is 0 Å². The predicted molar refractivity (Wildman–Crippen MR) is 116 cm³/mol. The molecule has 0 spiro atoms. The highest BCUT2D eigenvalue weighted by Gasteiger charge is 2.24. The molecule has 4 heteroatoms. The Balaban J connectivity index is 1.83. The Morgan fingerprint density at radius 3 is 2.68 bits per heavy atom. The Morgan fingerprint density at radius 2 is 1.96 bits per heavy atom. The number of carboxylic acids is 1. The first-order valence-electron chi connectivity index (χ1n) is 10.3. The Labute approximate surface area is 170 Å². The van der Waals surface area contributed by atoms with Crippen LogP contribution in [0.3, 0.4) is 0 Å². The SMILES string of the molecule is CCc1ccc(-c2c(CCCCC(=O)O)c(C)nc3sc4c(c23)CCC4)cc1. The molecule has 3 nitrogen and oxygen atoms in total. The number of aliphatic carboxylic acids is 1. The predicted octanol–water partition coefficient (Wildman–Crippen LogP) is 6.12. The second kappa shape index (κ2) is 8.04. The fourth-order valence-electron chi connectivity index (χ4n) is 4.39. The van der Waals surface area contributed by atoms with Gasteiger partial charge < -0.3 is 5.11 Å². The summed E-state index contributed by atoms with van der Waals surface area (Å²) in [5.41, 5.74) is 7.87. The van der Waals surface area contributed by atoms with Gasteiger partial charge in [-0.1, -0.05) is 31.2 Å². The number of pyridine rings is 1. The van der Waals surface area contributed by atoms with Crippen molar-refractivity contribution in [2.75, 3.05) is 0 Å². The van der Waals surface area contributed by atoms with Gasteiger partial charge in [-0.25, -0.2) is 4.98 Å². The molecule has 0 saturated carbocycles. The Morgan fingerprint density at radius 1 is 1.18 bits per heavy atom. The van der Waals surface area contributed by atoms with Crippen molar-refractivity contribution in [1.82, 2.24) is 4.98 Å². The molecule has 2 heterocycles. The van der Waals surface area contributed by atoms with E-state index < -0.39 is 5.97 Å². The number of rotatable bonds is 7. The number of hydrogen-bond donors (Lipinski definition) is 1. The molecular weight excluding hydrogens is 366 g/mol. The topological polar surface area (TPSA) is 50.2 Å². The van der Waals surface area contributed by atoms with E-state index in [0.717, 1.165) is 31.4 Å². The van der Waals surface area contributed by atoms with Gasteiger partial charge in [0.1, 0.15) is 4.83 Å². The lowest BCUT2D eigenvalue weighted by Gasteiger charge is -2.16. The number of thiophene rings is 1. The van der Waals surface area contributed by atoms with Gasteiger partial charge in [0.2, 0.25) is 0 Å². The van der Waals surface area contributed by atoms with Gasteiger partial charge in [-0.3, -0.25) is 4.79 Å². The largest absolute Gasteiger partial charge is 0.481 e. The normalized spacial score (nSPS) is 13.2. The van der Waals surface area contributed by atoms with Gasteiger partial charge in [-0.2, -0.15) is 0 Å². The van der Waals surface area contributed by atoms with Gasteiger partial charge in [-0.05, 0) is 79.7 Å². The molecule has 0 unspecified atom stereocenters. The summed E-state index contributed by atoms with van der Waals surface area (Å²) in [6.07, 6.45) is 7.33. The molecule has 0 atom stereocenters. The van der Waals surface area contributed by atoms with E-state index in [9.17, 15) is 4.79 Å². The minimum atomic E-state index is -0.712. The summed E-state index contributed by atoms with van der Waals surface area (Å²) in [4.78, 5) is 18.5. The van der Waals surface area contributed by atoms with Gasteiger partial charge in [0.15, 0.2) is 0 Å². The summed E-state index contributed by atoms with van der Waals surface area (Å²) >= 11 is 1.87. The summed E-state index contributed by atoms with van der Waals surface area (Å²) in [6, 6.07) is 8.98. The Kier molecular flexibility index (Phi) is 5.49. The number of aromatic nitrogens is 1. The van der Waals surface area contributed by atoms with E-state index in [2.05, 4.69) is 38.1 Å². The van der Waals surface area contributed by atoms with Gasteiger partial charge in [-0.15, -0.1) is 11.3 Å². The Hall–Kier alpha value is -2.20. The minimum absolute atomic E-state index is 0.239. The molecule has 1 aliphatic carbocycles. The molecule has 3 aromatic rings. The van der Waals surface area contributed by atoms with Crippen molar-refractivity contribution >= 4 is 27.5 Å². The minimum Gasteiger partial charge on any atom is -0.481 e. The van der Waals surface area contributed by atoms with Crippen molar-refractivity contribution in [3.05, 3.63) is 51.5 Å². The van der Waals surface area contributed by atoms with E-state index in [0.29, 0.717) is 6.42 Å². The number of carboxylic acid groups (broad SMARTS) is 1. The van der Waals surface area contributed by atoms with Crippen molar-refractivity contribution < 1.29 is 9.90 Å². The highest BCUT2D eigenvalue weighted by molar-refractivity contribution is 7.19. The molecule has 1 N–H and O–H groups in total. The van der Waals surface area contributed by atoms with Crippen LogP contribution in [0.1, 0.15) is 59.9 Å². The first-order valence-corrected chi connectivity index (χ1v) is 11.1. The van der Waals surface area contributed by atoms with Crippen molar-refractivity contribution in [3.8, 4) is 11.1 Å². The maximum atomic E-state index is 10.9. The van der Waals surface area contributed by atoms with E-state index >= 15 is 0 Å². The molecule has 2 aromatic heterocycles. The van der Waals surface area contributed by atoms with E-state index in [1.807, 2.05) is 11.3 Å². The summed E-state index contributed by atoms with van der Waals surface area (Å²) in [6.45, 7) is 4.30. The second-order valence-corrected chi connectivity index (χ2v) is 8.82. The van der Waals surface area contributed by atoms with Crippen molar-refractivity contribution in [2.45, 2.75) is 65.2 Å². The lowest BCUT2D eigenvalue weighted by atomic mass is 9.90. The summed E-state index contributed by atoms with van der Waals surface area (Å²) in [5, 5.41) is 10.3. The van der Waals surface area contributed by atoms with Crippen LogP contribution >= 0.6 is 11.3 Å². The smallest absolute Gasteiger partial charge is 0.303 e. The zero-order chi connectivity index (χ0) is 19.7. The number of unbranched alkanes of at least 4 members (excludes halogenated alkanes) is 1. The van der Waals surface area contributed by atoms with Crippen molar-refractivity contribution in [1.29, 1.82) is 0 Å². The molecule has 0 amide bonds. The molecule has 4 rings (SSSR count). The molecule has 28 heavy (non-hydrogen) atoms. The summed E-state index contributed by atoms with van der Waals surface area (Å²) in [5.74, 6) is -0.712. The molecule has 0 saturated heterocycles. The molecule has 0 bridgehead atoms. The number of aryl methyl sites for hydroxylation is 4. The van der Waals surface area contributed by atoms with Crippen LogP contribution in [0.15, 0.2) is 24.3 Å². The van der Waals surface area contributed by atoms with Gasteiger partial charge in [0.05, 0.1) is 0 Å². The average Bonchev–Trinajstić information content (AvgIpc) is 3.26. The van der Waals surface area contributed by atoms with E-state index in [4.69, 9.17) is 10.1 Å². The van der Waals surface area contributed by atoms with Crippen LogP contribution in [0.2, 0.25) is 0 Å². The maximum Gasteiger partial charge on any atom is 0.303 e. The molecule has 0 fully saturated rings. The van der Waals surface area contributed by atoms with Crippen LogP contribution in [0.4, 0.5) is 0 Å². The van der Waals surface area contributed by atoms with Gasteiger partial charge in [0.25, 0.3) is 0 Å². The van der Waals surface area contributed by atoms with Crippen molar-refractivity contribution in [2.24, 2.45) is 0 Å². The molecule has 1 aliphatic rings. The van der Waals surface area contributed by atoms with Crippen LogP contribution in [-0.2, 0) is 30.5 Å². The quantitative estimate of drug-likeness (QED) is 0.492. The fraction of sp³-hybridized carbons (Fsp3) is 0.417. The third-order valence-electron chi connectivity index (χ3n) is 5.88. The highest BCUT2D eigenvalue weighted by atomic mass is 32.1. The number of benzene rings is 1. The zero-order valence-electron chi connectivity index (χ0n) is 16.7. The molecule has 146 valence electrons. The lowest BCUT2D eigenvalue weighted by molar-refractivity contribution is -0.137.